The largest absolute Gasteiger partial charge is 0.357 e. The Hall–Kier alpha value is -1.59. The van der Waals surface area contributed by atoms with E-state index in [0.29, 0.717) is 17.9 Å². The molecule has 1 aromatic heterocycles. The number of hydrogen-bond acceptors (Lipinski definition) is 6. The standard InChI is InChI=1S/C15H30N6/c1-6-9-10-11-12(4)17-14-18-13(16-5)19-15(20-14)21(7-2)8-3/h12H,6-11H2,1-5H3,(H2,16,17,18,19,20). The summed E-state index contributed by atoms with van der Waals surface area (Å²) in [6.45, 7) is 10.4. The maximum absolute atomic E-state index is 4.54. The zero-order valence-corrected chi connectivity index (χ0v) is 14.1. The Bertz CT molecular complexity index is 405. The summed E-state index contributed by atoms with van der Waals surface area (Å²) in [6, 6.07) is 0.369. The summed E-state index contributed by atoms with van der Waals surface area (Å²) in [5.74, 6) is 1.98. The molecule has 1 atom stereocenters. The van der Waals surface area contributed by atoms with Gasteiger partial charge in [-0.05, 0) is 27.2 Å². The predicted octanol–water partition coefficient (Wildman–Crippen LogP) is 3.14. The lowest BCUT2D eigenvalue weighted by molar-refractivity contribution is 0.611. The van der Waals surface area contributed by atoms with E-state index in [1.807, 2.05) is 7.05 Å². The highest BCUT2D eigenvalue weighted by Gasteiger charge is 2.12. The van der Waals surface area contributed by atoms with Crippen LogP contribution in [0.1, 0.15) is 53.4 Å². The fraction of sp³-hybridized carbons (Fsp3) is 0.800. The van der Waals surface area contributed by atoms with Crippen LogP contribution in [0.3, 0.4) is 0 Å². The first-order valence-corrected chi connectivity index (χ1v) is 8.09. The Morgan fingerprint density at radius 2 is 1.67 bits per heavy atom. The van der Waals surface area contributed by atoms with Crippen LogP contribution in [-0.4, -0.2) is 41.1 Å². The maximum atomic E-state index is 4.54. The van der Waals surface area contributed by atoms with Gasteiger partial charge >= 0.3 is 0 Å². The van der Waals surface area contributed by atoms with E-state index in [-0.39, 0.29) is 0 Å². The van der Waals surface area contributed by atoms with E-state index in [2.05, 4.69) is 58.2 Å². The molecule has 0 aromatic carbocycles. The smallest absolute Gasteiger partial charge is 0.231 e. The molecule has 0 saturated carbocycles. The first-order chi connectivity index (χ1) is 10.1. The van der Waals surface area contributed by atoms with Gasteiger partial charge in [0, 0.05) is 26.2 Å². The summed E-state index contributed by atoms with van der Waals surface area (Å²) in [6.07, 6.45) is 4.89. The topological polar surface area (TPSA) is 66.0 Å². The Morgan fingerprint density at radius 1 is 1.00 bits per heavy atom. The minimum atomic E-state index is 0.369. The zero-order chi connectivity index (χ0) is 15.7. The van der Waals surface area contributed by atoms with E-state index in [1.165, 1.54) is 19.3 Å². The van der Waals surface area contributed by atoms with Crippen molar-refractivity contribution in [1.82, 2.24) is 15.0 Å². The highest BCUT2D eigenvalue weighted by atomic mass is 15.3. The summed E-state index contributed by atoms with van der Waals surface area (Å²) >= 11 is 0. The molecule has 1 rings (SSSR count). The Balaban J connectivity index is 2.78. The minimum Gasteiger partial charge on any atom is -0.357 e. The lowest BCUT2D eigenvalue weighted by Crippen LogP contribution is -2.26. The Labute approximate surface area is 128 Å². The van der Waals surface area contributed by atoms with Crippen molar-refractivity contribution in [3.05, 3.63) is 0 Å². The van der Waals surface area contributed by atoms with E-state index in [4.69, 9.17) is 0 Å². The molecule has 0 bridgehead atoms. The second-order valence-electron chi connectivity index (χ2n) is 5.25. The molecule has 0 aliphatic heterocycles. The summed E-state index contributed by atoms with van der Waals surface area (Å²) in [4.78, 5) is 15.5. The normalized spacial score (nSPS) is 12.0. The molecule has 0 spiro atoms. The van der Waals surface area contributed by atoms with Crippen LogP contribution >= 0.6 is 0 Å². The van der Waals surface area contributed by atoms with Crippen molar-refractivity contribution in [1.29, 1.82) is 0 Å². The van der Waals surface area contributed by atoms with Crippen molar-refractivity contribution in [3.8, 4) is 0 Å². The molecule has 21 heavy (non-hydrogen) atoms. The van der Waals surface area contributed by atoms with Gasteiger partial charge in [-0.25, -0.2) is 0 Å². The molecule has 120 valence electrons. The third kappa shape index (κ3) is 5.73. The van der Waals surface area contributed by atoms with E-state index in [9.17, 15) is 0 Å². The van der Waals surface area contributed by atoms with E-state index < -0.39 is 0 Å². The van der Waals surface area contributed by atoms with Gasteiger partial charge in [-0.1, -0.05) is 26.2 Å². The quantitative estimate of drug-likeness (QED) is 0.646. The summed E-state index contributed by atoms with van der Waals surface area (Å²) < 4.78 is 0. The van der Waals surface area contributed by atoms with Crippen molar-refractivity contribution in [2.45, 2.75) is 59.4 Å². The van der Waals surface area contributed by atoms with Crippen LogP contribution in [0.2, 0.25) is 0 Å². The van der Waals surface area contributed by atoms with Crippen molar-refractivity contribution in [3.63, 3.8) is 0 Å². The summed E-state index contributed by atoms with van der Waals surface area (Å²) in [5, 5.41) is 6.40. The molecular formula is C15H30N6. The zero-order valence-electron chi connectivity index (χ0n) is 14.1. The van der Waals surface area contributed by atoms with E-state index in [1.54, 1.807) is 0 Å². The van der Waals surface area contributed by atoms with Crippen LogP contribution in [0.4, 0.5) is 17.8 Å². The van der Waals surface area contributed by atoms with Crippen LogP contribution in [0, 0.1) is 0 Å². The molecule has 2 N–H and O–H groups in total. The molecule has 1 heterocycles. The van der Waals surface area contributed by atoms with Gasteiger partial charge in [0.25, 0.3) is 0 Å². The lowest BCUT2D eigenvalue weighted by Gasteiger charge is -2.20. The molecule has 1 unspecified atom stereocenters. The highest BCUT2D eigenvalue weighted by molar-refractivity contribution is 5.43. The van der Waals surface area contributed by atoms with Gasteiger partial charge in [0.05, 0.1) is 0 Å². The second kappa shape index (κ2) is 9.37. The lowest BCUT2D eigenvalue weighted by atomic mass is 10.1. The van der Waals surface area contributed by atoms with Crippen LogP contribution in [-0.2, 0) is 0 Å². The van der Waals surface area contributed by atoms with Crippen LogP contribution in [0.15, 0.2) is 0 Å². The number of hydrogen-bond donors (Lipinski definition) is 2. The van der Waals surface area contributed by atoms with Crippen LogP contribution in [0.5, 0.6) is 0 Å². The molecule has 1 aromatic rings. The maximum Gasteiger partial charge on any atom is 0.231 e. The number of nitrogens with one attached hydrogen (secondary N) is 2. The average Bonchev–Trinajstić information content (AvgIpc) is 2.48. The SMILES string of the molecule is CCCCCC(C)Nc1nc(NC)nc(N(CC)CC)n1. The first-order valence-electron chi connectivity index (χ1n) is 8.09. The minimum absolute atomic E-state index is 0.369. The number of anilines is 3. The first kappa shape index (κ1) is 17.5. The molecule has 0 aliphatic carbocycles. The number of aromatic nitrogens is 3. The van der Waals surface area contributed by atoms with Gasteiger partial charge in [-0.15, -0.1) is 0 Å². The number of nitrogens with zero attached hydrogens (tertiary/aromatic N) is 4. The van der Waals surface area contributed by atoms with Gasteiger partial charge in [-0.2, -0.15) is 15.0 Å². The third-order valence-electron chi connectivity index (χ3n) is 3.51. The Morgan fingerprint density at radius 3 is 2.24 bits per heavy atom. The fourth-order valence-corrected chi connectivity index (χ4v) is 2.18. The molecular weight excluding hydrogens is 264 g/mol. The van der Waals surface area contributed by atoms with Crippen molar-refractivity contribution < 1.29 is 0 Å². The second-order valence-corrected chi connectivity index (χ2v) is 5.25. The molecule has 0 saturated heterocycles. The summed E-state index contributed by atoms with van der Waals surface area (Å²) in [5.41, 5.74) is 0. The van der Waals surface area contributed by atoms with Crippen molar-refractivity contribution in [2.24, 2.45) is 0 Å². The van der Waals surface area contributed by atoms with Crippen molar-refractivity contribution in [2.75, 3.05) is 35.7 Å². The van der Waals surface area contributed by atoms with Crippen molar-refractivity contribution >= 4 is 17.8 Å². The Kier molecular flexibility index (Phi) is 7.79. The summed E-state index contributed by atoms with van der Waals surface area (Å²) in [7, 11) is 1.83. The van der Waals surface area contributed by atoms with E-state index >= 15 is 0 Å². The van der Waals surface area contributed by atoms with Gasteiger partial charge in [-0.3, -0.25) is 0 Å². The molecule has 0 fully saturated rings. The van der Waals surface area contributed by atoms with E-state index in [0.717, 1.165) is 25.5 Å². The van der Waals surface area contributed by atoms with Gasteiger partial charge in [0.15, 0.2) is 0 Å². The van der Waals surface area contributed by atoms with Crippen LogP contribution in [0.25, 0.3) is 0 Å². The van der Waals surface area contributed by atoms with Gasteiger partial charge in [0.2, 0.25) is 17.8 Å². The highest BCUT2D eigenvalue weighted by Crippen LogP contribution is 2.15. The van der Waals surface area contributed by atoms with Gasteiger partial charge in [0.1, 0.15) is 0 Å². The molecule has 0 radical (unpaired) electrons. The monoisotopic (exact) mass is 294 g/mol. The molecule has 0 aliphatic rings. The number of unbranched alkanes of at least 4 members (excludes halogenated alkanes) is 2. The number of rotatable bonds is 10. The van der Waals surface area contributed by atoms with Gasteiger partial charge < -0.3 is 15.5 Å². The molecule has 6 nitrogen and oxygen atoms in total. The average molecular weight is 294 g/mol. The van der Waals surface area contributed by atoms with Crippen LogP contribution < -0.4 is 15.5 Å². The predicted molar refractivity (Wildman–Crippen MR) is 90.2 cm³/mol. The molecule has 0 amide bonds. The molecule has 6 heteroatoms. The third-order valence-corrected chi connectivity index (χ3v) is 3.51. The fourth-order valence-electron chi connectivity index (χ4n) is 2.18.